The SMILES string of the molecule is Cc1ccc([N+](=O)[O-])cc1C(=O)N(C)CC(C)Cl. The predicted molar refractivity (Wildman–Crippen MR) is 70.1 cm³/mol. The number of nitro benzene ring substituents is 1. The van der Waals surface area contributed by atoms with Gasteiger partial charge < -0.3 is 4.90 Å². The Labute approximate surface area is 110 Å². The number of hydrogen-bond acceptors (Lipinski definition) is 3. The van der Waals surface area contributed by atoms with Gasteiger partial charge in [0.25, 0.3) is 11.6 Å². The highest BCUT2D eigenvalue weighted by Crippen LogP contribution is 2.18. The van der Waals surface area contributed by atoms with Crippen LogP contribution in [0, 0.1) is 17.0 Å². The normalized spacial score (nSPS) is 12.0. The van der Waals surface area contributed by atoms with Crippen molar-refractivity contribution in [3.63, 3.8) is 0 Å². The zero-order valence-electron chi connectivity index (χ0n) is 10.5. The van der Waals surface area contributed by atoms with Crippen LogP contribution in [-0.4, -0.2) is 34.7 Å². The first-order valence-electron chi connectivity index (χ1n) is 5.47. The molecule has 1 aromatic rings. The first kappa shape index (κ1) is 14.4. The van der Waals surface area contributed by atoms with E-state index in [1.807, 2.05) is 0 Å². The summed E-state index contributed by atoms with van der Waals surface area (Å²) in [4.78, 5) is 23.8. The van der Waals surface area contributed by atoms with Gasteiger partial charge in [-0.15, -0.1) is 11.6 Å². The molecule has 0 N–H and O–H groups in total. The van der Waals surface area contributed by atoms with Gasteiger partial charge in [-0.3, -0.25) is 14.9 Å². The number of carbonyl (C=O) groups excluding carboxylic acids is 1. The van der Waals surface area contributed by atoms with Crippen LogP contribution >= 0.6 is 11.6 Å². The highest BCUT2D eigenvalue weighted by Gasteiger charge is 2.18. The van der Waals surface area contributed by atoms with Gasteiger partial charge in [0.05, 0.1) is 4.92 Å². The van der Waals surface area contributed by atoms with E-state index in [0.717, 1.165) is 0 Å². The minimum Gasteiger partial charge on any atom is -0.340 e. The molecule has 5 nitrogen and oxygen atoms in total. The quantitative estimate of drug-likeness (QED) is 0.480. The van der Waals surface area contributed by atoms with E-state index in [4.69, 9.17) is 11.6 Å². The molecule has 1 atom stereocenters. The fourth-order valence-corrected chi connectivity index (χ4v) is 1.83. The summed E-state index contributed by atoms with van der Waals surface area (Å²) >= 11 is 5.82. The van der Waals surface area contributed by atoms with E-state index < -0.39 is 4.92 Å². The van der Waals surface area contributed by atoms with Crippen molar-refractivity contribution < 1.29 is 9.72 Å². The molecule has 1 rings (SSSR count). The number of halogens is 1. The van der Waals surface area contributed by atoms with E-state index in [2.05, 4.69) is 0 Å². The number of amides is 1. The predicted octanol–water partition coefficient (Wildman–Crippen LogP) is 2.60. The average Bonchev–Trinajstić information content (AvgIpc) is 2.27. The molecule has 0 radical (unpaired) electrons. The molecule has 0 fully saturated rings. The van der Waals surface area contributed by atoms with E-state index in [9.17, 15) is 14.9 Å². The second kappa shape index (κ2) is 5.82. The number of alkyl halides is 1. The Hall–Kier alpha value is -1.62. The lowest BCUT2D eigenvalue weighted by molar-refractivity contribution is -0.384. The molecular formula is C12H15ClN2O3. The maximum atomic E-state index is 12.1. The van der Waals surface area contributed by atoms with Crippen LogP contribution in [0.3, 0.4) is 0 Å². The summed E-state index contributed by atoms with van der Waals surface area (Å²) in [5.74, 6) is -0.260. The molecule has 1 aromatic carbocycles. The van der Waals surface area contributed by atoms with Gasteiger partial charge in [-0.2, -0.15) is 0 Å². The molecule has 6 heteroatoms. The zero-order valence-corrected chi connectivity index (χ0v) is 11.3. The zero-order chi connectivity index (χ0) is 13.9. The Balaban J connectivity index is 3.04. The number of nitro groups is 1. The van der Waals surface area contributed by atoms with Gasteiger partial charge in [-0.05, 0) is 19.4 Å². The smallest absolute Gasteiger partial charge is 0.270 e. The highest BCUT2D eigenvalue weighted by atomic mass is 35.5. The Kier molecular flexibility index (Phi) is 4.67. The highest BCUT2D eigenvalue weighted by molar-refractivity contribution is 6.20. The van der Waals surface area contributed by atoms with Crippen molar-refractivity contribution in [2.45, 2.75) is 19.2 Å². The lowest BCUT2D eigenvalue weighted by Crippen LogP contribution is -2.31. The summed E-state index contributed by atoms with van der Waals surface area (Å²) in [6, 6.07) is 4.26. The second-order valence-corrected chi connectivity index (χ2v) is 4.97. The van der Waals surface area contributed by atoms with Gasteiger partial charge in [0.15, 0.2) is 0 Å². The third-order valence-electron chi connectivity index (χ3n) is 2.53. The number of hydrogen-bond donors (Lipinski definition) is 0. The molecule has 0 bridgehead atoms. The van der Waals surface area contributed by atoms with Gasteiger partial charge >= 0.3 is 0 Å². The maximum absolute atomic E-state index is 12.1. The van der Waals surface area contributed by atoms with E-state index in [1.165, 1.54) is 17.0 Å². The molecule has 1 amide bonds. The molecule has 18 heavy (non-hydrogen) atoms. The topological polar surface area (TPSA) is 63.5 Å². The largest absolute Gasteiger partial charge is 0.340 e. The summed E-state index contributed by atoms with van der Waals surface area (Å²) in [5.41, 5.74) is 0.958. The Morgan fingerprint density at radius 1 is 1.56 bits per heavy atom. The fraction of sp³-hybridized carbons (Fsp3) is 0.417. The molecule has 0 aliphatic heterocycles. The number of benzene rings is 1. The van der Waals surface area contributed by atoms with Crippen molar-refractivity contribution in [3.8, 4) is 0 Å². The van der Waals surface area contributed by atoms with Gasteiger partial charge in [-0.25, -0.2) is 0 Å². The van der Waals surface area contributed by atoms with Gasteiger partial charge in [-0.1, -0.05) is 6.07 Å². The van der Waals surface area contributed by atoms with Crippen molar-refractivity contribution in [2.24, 2.45) is 0 Å². The molecule has 0 heterocycles. The van der Waals surface area contributed by atoms with Gasteiger partial charge in [0.2, 0.25) is 0 Å². The Morgan fingerprint density at radius 3 is 2.67 bits per heavy atom. The van der Waals surface area contributed by atoms with Crippen LogP contribution < -0.4 is 0 Å². The van der Waals surface area contributed by atoms with Crippen molar-refractivity contribution in [1.29, 1.82) is 0 Å². The number of aryl methyl sites for hydroxylation is 1. The number of non-ortho nitro benzene ring substituents is 1. The second-order valence-electron chi connectivity index (χ2n) is 4.22. The van der Waals surface area contributed by atoms with Crippen LogP contribution in [0.25, 0.3) is 0 Å². The summed E-state index contributed by atoms with van der Waals surface area (Å²) in [6.45, 7) is 3.92. The maximum Gasteiger partial charge on any atom is 0.270 e. The van der Waals surface area contributed by atoms with Crippen LogP contribution in [0.2, 0.25) is 0 Å². The standard InChI is InChI=1S/C12H15ClN2O3/c1-8-4-5-10(15(17)18)6-11(8)12(16)14(3)7-9(2)13/h4-6,9H,7H2,1-3H3. The first-order valence-corrected chi connectivity index (χ1v) is 5.91. The Morgan fingerprint density at radius 2 is 2.17 bits per heavy atom. The molecule has 0 spiro atoms. The van der Waals surface area contributed by atoms with E-state index in [-0.39, 0.29) is 17.0 Å². The molecular weight excluding hydrogens is 256 g/mol. The molecule has 98 valence electrons. The number of rotatable bonds is 4. The van der Waals surface area contributed by atoms with Gasteiger partial charge in [0.1, 0.15) is 0 Å². The summed E-state index contributed by atoms with van der Waals surface area (Å²) in [6.07, 6.45) is 0. The number of nitrogens with zero attached hydrogens (tertiary/aromatic N) is 2. The van der Waals surface area contributed by atoms with Crippen LogP contribution in [0.1, 0.15) is 22.8 Å². The van der Waals surface area contributed by atoms with Crippen LogP contribution in [0.4, 0.5) is 5.69 Å². The van der Waals surface area contributed by atoms with E-state index in [0.29, 0.717) is 17.7 Å². The minimum atomic E-state index is -0.513. The van der Waals surface area contributed by atoms with Crippen molar-refractivity contribution in [3.05, 3.63) is 39.4 Å². The molecule has 0 aliphatic carbocycles. The Bertz CT molecular complexity index is 474. The average molecular weight is 271 g/mol. The summed E-state index contributed by atoms with van der Waals surface area (Å²) < 4.78 is 0. The van der Waals surface area contributed by atoms with Crippen molar-refractivity contribution in [1.82, 2.24) is 4.90 Å². The monoisotopic (exact) mass is 270 g/mol. The van der Waals surface area contributed by atoms with Crippen LogP contribution in [0.5, 0.6) is 0 Å². The summed E-state index contributed by atoms with van der Waals surface area (Å²) in [7, 11) is 1.62. The third-order valence-corrected chi connectivity index (χ3v) is 2.67. The molecule has 0 saturated heterocycles. The van der Waals surface area contributed by atoms with Crippen LogP contribution in [-0.2, 0) is 0 Å². The van der Waals surface area contributed by atoms with E-state index in [1.54, 1.807) is 27.0 Å². The first-order chi connectivity index (χ1) is 8.32. The minimum absolute atomic E-state index is 0.0868. The van der Waals surface area contributed by atoms with Gasteiger partial charge in [0, 0.05) is 36.7 Å². The molecule has 0 aliphatic rings. The molecule has 0 aromatic heterocycles. The molecule has 1 unspecified atom stereocenters. The van der Waals surface area contributed by atoms with E-state index >= 15 is 0 Å². The number of carbonyl (C=O) groups is 1. The van der Waals surface area contributed by atoms with Crippen LogP contribution in [0.15, 0.2) is 18.2 Å². The third kappa shape index (κ3) is 3.43. The molecule has 0 saturated carbocycles. The summed E-state index contributed by atoms with van der Waals surface area (Å²) in [5, 5.41) is 10.5. The van der Waals surface area contributed by atoms with Crippen molar-refractivity contribution in [2.75, 3.05) is 13.6 Å². The lowest BCUT2D eigenvalue weighted by Gasteiger charge is -2.19. The lowest BCUT2D eigenvalue weighted by atomic mass is 10.1. The fourth-order valence-electron chi connectivity index (χ4n) is 1.62. The van der Waals surface area contributed by atoms with Crippen molar-refractivity contribution >= 4 is 23.2 Å².